The molecule has 1 rings (SSSR count). The molecule has 0 aromatic heterocycles. The van der Waals surface area contributed by atoms with E-state index in [1.165, 1.54) is 4.31 Å². The first-order valence-corrected chi connectivity index (χ1v) is 9.02. The van der Waals surface area contributed by atoms with Gasteiger partial charge >= 0.3 is 0 Å². The van der Waals surface area contributed by atoms with Crippen LogP contribution >= 0.6 is 31.9 Å². The summed E-state index contributed by atoms with van der Waals surface area (Å²) in [6.45, 7) is 2.34. The van der Waals surface area contributed by atoms with Crippen LogP contribution in [0, 0.1) is 0 Å². The number of hydrogen-bond donors (Lipinski definition) is 1. The summed E-state index contributed by atoms with van der Waals surface area (Å²) >= 11 is 6.54. The maximum Gasteiger partial charge on any atom is 0.244 e. The van der Waals surface area contributed by atoms with Crippen LogP contribution in [0.4, 0.5) is 0 Å². The monoisotopic (exact) mass is 413 g/mol. The lowest BCUT2D eigenvalue weighted by atomic mass is 10.3. The molecule has 19 heavy (non-hydrogen) atoms. The predicted octanol–water partition coefficient (Wildman–Crippen LogP) is 2.99. The van der Waals surface area contributed by atoms with Crippen molar-refractivity contribution in [2.45, 2.75) is 24.7 Å². The highest BCUT2D eigenvalue weighted by Gasteiger charge is 2.25. The Kier molecular flexibility index (Phi) is 6.96. The first-order chi connectivity index (χ1) is 8.93. The molecule has 108 valence electrons. The van der Waals surface area contributed by atoms with Gasteiger partial charge in [0.2, 0.25) is 10.0 Å². The molecule has 1 aromatic carbocycles. The number of sulfonamides is 1. The van der Waals surface area contributed by atoms with Gasteiger partial charge in [-0.25, -0.2) is 8.42 Å². The maximum absolute atomic E-state index is 12.6. The highest BCUT2D eigenvalue weighted by Crippen LogP contribution is 2.28. The van der Waals surface area contributed by atoms with Gasteiger partial charge in [-0.15, -0.1) is 0 Å². The Labute approximate surface area is 131 Å². The number of rotatable bonds is 7. The van der Waals surface area contributed by atoms with E-state index >= 15 is 0 Å². The fourth-order valence-corrected chi connectivity index (χ4v) is 4.55. The van der Waals surface area contributed by atoms with Crippen LogP contribution in [0.25, 0.3) is 0 Å². The Hall–Kier alpha value is 0.0500. The zero-order valence-electron chi connectivity index (χ0n) is 10.6. The maximum atomic E-state index is 12.6. The number of benzene rings is 1. The lowest BCUT2D eigenvalue weighted by Gasteiger charge is -2.21. The van der Waals surface area contributed by atoms with E-state index in [9.17, 15) is 8.42 Å². The van der Waals surface area contributed by atoms with E-state index in [0.717, 1.165) is 12.8 Å². The minimum absolute atomic E-state index is 0.112. The van der Waals surface area contributed by atoms with Gasteiger partial charge in [-0.3, -0.25) is 0 Å². The van der Waals surface area contributed by atoms with E-state index in [0.29, 0.717) is 15.5 Å². The lowest BCUT2D eigenvalue weighted by molar-refractivity contribution is 0.252. The summed E-state index contributed by atoms with van der Waals surface area (Å²) in [6.07, 6.45) is 1.67. The van der Waals surface area contributed by atoms with Gasteiger partial charge in [0.25, 0.3) is 0 Å². The molecule has 4 nitrogen and oxygen atoms in total. The molecule has 0 bridgehead atoms. The number of hydrogen-bond acceptors (Lipinski definition) is 3. The van der Waals surface area contributed by atoms with Gasteiger partial charge in [0.15, 0.2) is 0 Å². The fraction of sp³-hybridized carbons (Fsp3) is 0.500. The van der Waals surface area contributed by atoms with Crippen LogP contribution in [-0.2, 0) is 10.0 Å². The molecule has 7 heteroatoms. The number of nitrogens with zero attached hydrogens (tertiary/aromatic N) is 1. The van der Waals surface area contributed by atoms with Crippen LogP contribution < -0.4 is 0 Å². The molecule has 0 radical (unpaired) electrons. The van der Waals surface area contributed by atoms with Crippen LogP contribution in [0.15, 0.2) is 32.0 Å². The molecule has 0 unspecified atom stereocenters. The summed E-state index contributed by atoms with van der Waals surface area (Å²) in [5.74, 6) is 0. The first-order valence-electron chi connectivity index (χ1n) is 5.99. The second-order valence-electron chi connectivity index (χ2n) is 4.06. The number of aliphatic hydroxyl groups excluding tert-OH is 1. The van der Waals surface area contributed by atoms with Crippen molar-refractivity contribution in [3.8, 4) is 0 Å². The smallest absolute Gasteiger partial charge is 0.244 e. The quantitative estimate of drug-likeness (QED) is 0.745. The largest absolute Gasteiger partial charge is 0.395 e. The molecule has 0 saturated heterocycles. The van der Waals surface area contributed by atoms with Gasteiger partial charge in [0.05, 0.1) is 11.5 Å². The molecule has 0 amide bonds. The van der Waals surface area contributed by atoms with Crippen molar-refractivity contribution in [2.24, 2.45) is 0 Å². The lowest BCUT2D eigenvalue weighted by Crippen LogP contribution is -2.34. The van der Waals surface area contributed by atoms with Crippen LogP contribution in [0.5, 0.6) is 0 Å². The molecule has 0 saturated carbocycles. The summed E-state index contributed by atoms with van der Waals surface area (Å²) in [6, 6.07) is 5.02. The molecular formula is C12H17Br2NO3S. The minimum atomic E-state index is -3.59. The van der Waals surface area contributed by atoms with E-state index < -0.39 is 10.0 Å². The second kappa shape index (κ2) is 7.73. The first kappa shape index (κ1) is 17.1. The van der Waals surface area contributed by atoms with Crippen molar-refractivity contribution in [2.75, 3.05) is 19.7 Å². The van der Waals surface area contributed by atoms with Crippen LogP contribution in [0.1, 0.15) is 19.8 Å². The van der Waals surface area contributed by atoms with Gasteiger partial charge in [-0.1, -0.05) is 29.3 Å². The molecule has 0 spiro atoms. The normalized spacial score (nSPS) is 12.1. The third-order valence-electron chi connectivity index (χ3n) is 2.62. The highest BCUT2D eigenvalue weighted by molar-refractivity contribution is 9.11. The summed E-state index contributed by atoms with van der Waals surface area (Å²) in [5.41, 5.74) is 0. The van der Waals surface area contributed by atoms with E-state index in [1.807, 2.05) is 6.92 Å². The van der Waals surface area contributed by atoms with Crippen molar-refractivity contribution in [3.63, 3.8) is 0 Å². The van der Waals surface area contributed by atoms with Gasteiger partial charge < -0.3 is 5.11 Å². The molecule has 0 heterocycles. The third kappa shape index (κ3) is 4.53. The Morgan fingerprint density at radius 3 is 2.53 bits per heavy atom. The number of unbranched alkanes of at least 4 members (excludes halogenated alkanes) is 1. The van der Waals surface area contributed by atoms with Crippen molar-refractivity contribution >= 4 is 41.9 Å². The van der Waals surface area contributed by atoms with Crippen molar-refractivity contribution < 1.29 is 13.5 Å². The topological polar surface area (TPSA) is 57.6 Å². The van der Waals surface area contributed by atoms with E-state index in [2.05, 4.69) is 31.9 Å². The summed E-state index contributed by atoms with van der Waals surface area (Å²) < 4.78 is 27.7. The zero-order chi connectivity index (χ0) is 14.5. The standard InChI is InChI=1S/C12H17Br2NO3S/c1-2-3-6-15(7-8-16)19(17,18)12-9-10(13)4-5-11(12)14/h4-5,9,16H,2-3,6-8H2,1H3. The van der Waals surface area contributed by atoms with Gasteiger partial charge in [0, 0.05) is 22.0 Å². The van der Waals surface area contributed by atoms with Crippen LogP contribution in [-0.4, -0.2) is 37.5 Å². The molecule has 0 atom stereocenters. The van der Waals surface area contributed by atoms with Gasteiger partial charge in [-0.05, 0) is 40.5 Å². The molecule has 0 aliphatic heterocycles. The number of aliphatic hydroxyl groups is 1. The van der Waals surface area contributed by atoms with Crippen LogP contribution in [0.3, 0.4) is 0 Å². The number of halogens is 2. The second-order valence-corrected chi connectivity index (χ2v) is 7.73. The molecule has 1 N–H and O–H groups in total. The minimum Gasteiger partial charge on any atom is -0.395 e. The predicted molar refractivity (Wildman–Crippen MR) is 82.6 cm³/mol. The third-order valence-corrected chi connectivity index (χ3v) is 6.01. The Bertz CT molecular complexity index is 520. The highest BCUT2D eigenvalue weighted by atomic mass is 79.9. The average molecular weight is 415 g/mol. The summed E-state index contributed by atoms with van der Waals surface area (Å²) in [4.78, 5) is 0.214. The van der Waals surface area contributed by atoms with Crippen molar-refractivity contribution in [1.82, 2.24) is 4.31 Å². The average Bonchev–Trinajstić information content (AvgIpc) is 2.37. The SMILES string of the molecule is CCCCN(CCO)S(=O)(=O)c1cc(Br)ccc1Br. The van der Waals surface area contributed by atoms with Gasteiger partial charge in [0.1, 0.15) is 0 Å². The molecular weight excluding hydrogens is 398 g/mol. The Morgan fingerprint density at radius 2 is 1.95 bits per heavy atom. The van der Waals surface area contributed by atoms with E-state index in [4.69, 9.17) is 5.11 Å². The summed E-state index contributed by atoms with van der Waals surface area (Å²) in [5, 5.41) is 9.04. The van der Waals surface area contributed by atoms with E-state index in [1.54, 1.807) is 18.2 Å². The molecule has 0 aliphatic carbocycles. The summed E-state index contributed by atoms with van der Waals surface area (Å²) in [7, 11) is -3.59. The van der Waals surface area contributed by atoms with Gasteiger partial charge in [-0.2, -0.15) is 4.31 Å². The van der Waals surface area contributed by atoms with Crippen molar-refractivity contribution in [1.29, 1.82) is 0 Å². The van der Waals surface area contributed by atoms with E-state index in [-0.39, 0.29) is 18.0 Å². The fourth-order valence-electron chi connectivity index (χ4n) is 1.61. The zero-order valence-corrected chi connectivity index (χ0v) is 14.6. The molecule has 1 aromatic rings. The molecule has 0 fully saturated rings. The molecule has 0 aliphatic rings. The Balaban J connectivity index is 3.14. The van der Waals surface area contributed by atoms with Crippen molar-refractivity contribution in [3.05, 3.63) is 27.1 Å². The van der Waals surface area contributed by atoms with Crippen LogP contribution in [0.2, 0.25) is 0 Å². The Morgan fingerprint density at radius 1 is 1.26 bits per heavy atom.